The summed E-state index contributed by atoms with van der Waals surface area (Å²) in [5.41, 5.74) is 1.29. The van der Waals surface area contributed by atoms with E-state index in [4.69, 9.17) is 0 Å². The van der Waals surface area contributed by atoms with Crippen LogP contribution in [0.3, 0.4) is 0 Å². The van der Waals surface area contributed by atoms with Crippen LogP contribution in [-0.2, 0) is 11.2 Å². The van der Waals surface area contributed by atoms with E-state index in [1.807, 2.05) is 11.8 Å². The molecule has 0 aliphatic carbocycles. The van der Waals surface area contributed by atoms with Crippen molar-refractivity contribution in [1.29, 1.82) is 0 Å². The standard InChI is InChI=1S/C13H19NOS2/c1-10-11(2)17-8-6-14(10)13(15)4-3-12-5-7-16-9-12/h5,7,9-11H,3-4,6,8H2,1-2H3/t10-,11-/m0/s1. The Kier molecular flexibility index (Phi) is 4.51. The van der Waals surface area contributed by atoms with E-state index in [9.17, 15) is 4.79 Å². The number of hydrogen-bond donors (Lipinski definition) is 0. The molecule has 1 aliphatic heterocycles. The van der Waals surface area contributed by atoms with E-state index in [0.29, 0.717) is 23.6 Å². The molecule has 0 N–H and O–H groups in total. The number of carbonyl (C=O) groups excluding carboxylic acids is 1. The summed E-state index contributed by atoms with van der Waals surface area (Å²) in [7, 11) is 0. The lowest BCUT2D eigenvalue weighted by molar-refractivity contribution is -0.133. The zero-order valence-corrected chi connectivity index (χ0v) is 12.0. The normalized spacial score (nSPS) is 24.9. The minimum atomic E-state index is 0.316. The van der Waals surface area contributed by atoms with Crippen LogP contribution in [0.2, 0.25) is 0 Å². The van der Waals surface area contributed by atoms with Crippen molar-refractivity contribution in [1.82, 2.24) is 4.90 Å². The van der Waals surface area contributed by atoms with Crippen molar-refractivity contribution < 1.29 is 4.79 Å². The number of carbonyl (C=O) groups is 1. The fourth-order valence-electron chi connectivity index (χ4n) is 2.11. The Balaban J connectivity index is 1.86. The van der Waals surface area contributed by atoms with Gasteiger partial charge in [-0.2, -0.15) is 23.1 Å². The monoisotopic (exact) mass is 269 g/mol. The number of thioether (sulfide) groups is 1. The third-order valence-corrected chi connectivity index (χ3v) is 5.48. The second kappa shape index (κ2) is 5.91. The van der Waals surface area contributed by atoms with Gasteiger partial charge < -0.3 is 4.90 Å². The molecule has 0 bridgehead atoms. The lowest BCUT2D eigenvalue weighted by atomic mass is 10.1. The maximum Gasteiger partial charge on any atom is 0.223 e. The van der Waals surface area contributed by atoms with Crippen LogP contribution >= 0.6 is 23.1 Å². The van der Waals surface area contributed by atoms with Gasteiger partial charge in [-0.25, -0.2) is 0 Å². The Labute approximate surface area is 111 Å². The SMILES string of the molecule is C[C@@H]1SCCN(C(=O)CCc2ccsc2)[C@H]1C. The molecular weight excluding hydrogens is 250 g/mol. The first-order valence-electron chi connectivity index (χ1n) is 6.10. The van der Waals surface area contributed by atoms with Crippen LogP contribution in [0.1, 0.15) is 25.8 Å². The number of aryl methyl sites for hydroxylation is 1. The van der Waals surface area contributed by atoms with Gasteiger partial charge in [0.1, 0.15) is 0 Å². The maximum atomic E-state index is 12.2. The van der Waals surface area contributed by atoms with E-state index >= 15 is 0 Å². The molecule has 4 heteroatoms. The van der Waals surface area contributed by atoms with Crippen molar-refractivity contribution in [3.05, 3.63) is 22.4 Å². The van der Waals surface area contributed by atoms with Gasteiger partial charge in [-0.15, -0.1) is 0 Å². The molecule has 17 heavy (non-hydrogen) atoms. The van der Waals surface area contributed by atoms with Crippen LogP contribution < -0.4 is 0 Å². The molecule has 0 radical (unpaired) electrons. The summed E-state index contributed by atoms with van der Waals surface area (Å²) in [4.78, 5) is 14.2. The van der Waals surface area contributed by atoms with Gasteiger partial charge in [0.25, 0.3) is 0 Å². The fourth-order valence-corrected chi connectivity index (χ4v) is 3.92. The fraction of sp³-hybridized carbons (Fsp3) is 0.615. The first kappa shape index (κ1) is 13.0. The topological polar surface area (TPSA) is 20.3 Å². The molecule has 2 heterocycles. The van der Waals surface area contributed by atoms with Crippen molar-refractivity contribution in [2.45, 2.75) is 38.0 Å². The van der Waals surface area contributed by atoms with Gasteiger partial charge in [-0.1, -0.05) is 6.92 Å². The van der Waals surface area contributed by atoms with E-state index in [2.05, 4.69) is 35.6 Å². The van der Waals surface area contributed by atoms with Crippen LogP contribution in [0, 0.1) is 0 Å². The van der Waals surface area contributed by atoms with Crippen molar-refractivity contribution in [2.75, 3.05) is 12.3 Å². The van der Waals surface area contributed by atoms with Crippen molar-refractivity contribution in [2.24, 2.45) is 0 Å². The number of hydrogen-bond acceptors (Lipinski definition) is 3. The summed E-state index contributed by atoms with van der Waals surface area (Å²) in [5.74, 6) is 1.39. The molecule has 1 aliphatic rings. The Morgan fingerprint density at radius 3 is 3.06 bits per heavy atom. The first-order chi connectivity index (χ1) is 8.18. The zero-order chi connectivity index (χ0) is 12.3. The van der Waals surface area contributed by atoms with Crippen LogP contribution in [-0.4, -0.2) is 34.4 Å². The quantitative estimate of drug-likeness (QED) is 0.840. The number of thiophene rings is 1. The zero-order valence-electron chi connectivity index (χ0n) is 10.4. The Morgan fingerprint density at radius 1 is 1.53 bits per heavy atom. The number of amides is 1. The van der Waals surface area contributed by atoms with E-state index in [-0.39, 0.29) is 0 Å². The molecule has 1 aromatic rings. The largest absolute Gasteiger partial charge is 0.338 e. The molecule has 1 saturated heterocycles. The molecule has 94 valence electrons. The molecule has 2 atom stereocenters. The van der Waals surface area contributed by atoms with E-state index in [0.717, 1.165) is 18.7 Å². The minimum Gasteiger partial charge on any atom is -0.338 e. The summed E-state index contributed by atoms with van der Waals surface area (Å²) in [6.07, 6.45) is 1.53. The predicted octanol–water partition coefficient (Wildman–Crippen LogP) is 3.03. The van der Waals surface area contributed by atoms with Gasteiger partial charge in [0.15, 0.2) is 0 Å². The van der Waals surface area contributed by atoms with Crippen LogP contribution in [0.15, 0.2) is 16.8 Å². The predicted molar refractivity (Wildman–Crippen MR) is 75.7 cm³/mol. The smallest absolute Gasteiger partial charge is 0.223 e. The molecule has 0 aromatic carbocycles. The van der Waals surface area contributed by atoms with Crippen LogP contribution in [0.25, 0.3) is 0 Å². The van der Waals surface area contributed by atoms with Gasteiger partial charge >= 0.3 is 0 Å². The molecule has 1 amide bonds. The highest BCUT2D eigenvalue weighted by Gasteiger charge is 2.28. The molecule has 0 unspecified atom stereocenters. The highest BCUT2D eigenvalue weighted by molar-refractivity contribution is 8.00. The van der Waals surface area contributed by atoms with Gasteiger partial charge in [0.2, 0.25) is 5.91 Å². The highest BCUT2D eigenvalue weighted by Crippen LogP contribution is 2.25. The minimum absolute atomic E-state index is 0.316. The summed E-state index contributed by atoms with van der Waals surface area (Å²) in [5, 5.41) is 4.77. The number of nitrogens with zero attached hydrogens (tertiary/aromatic N) is 1. The second-order valence-corrected chi connectivity index (χ2v) is 6.80. The summed E-state index contributed by atoms with van der Waals surface area (Å²) >= 11 is 3.67. The van der Waals surface area contributed by atoms with E-state index in [1.165, 1.54) is 5.56 Å². The average molecular weight is 269 g/mol. The van der Waals surface area contributed by atoms with Gasteiger partial charge in [-0.05, 0) is 35.7 Å². The van der Waals surface area contributed by atoms with E-state index in [1.54, 1.807) is 11.3 Å². The summed E-state index contributed by atoms with van der Waals surface area (Å²) < 4.78 is 0. The van der Waals surface area contributed by atoms with Crippen LogP contribution in [0.4, 0.5) is 0 Å². The second-order valence-electron chi connectivity index (χ2n) is 4.54. The Morgan fingerprint density at radius 2 is 2.35 bits per heavy atom. The number of rotatable bonds is 3. The molecule has 2 nitrogen and oxygen atoms in total. The van der Waals surface area contributed by atoms with Gasteiger partial charge in [0.05, 0.1) is 0 Å². The van der Waals surface area contributed by atoms with E-state index < -0.39 is 0 Å². The van der Waals surface area contributed by atoms with Crippen molar-refractivity contribution >= 4 is 29.0 Å². The van der Waals surface area contributed by atoms with Gasteiger partial charge in [0, 0.05) is 30.0 Å². The molecule has 1 fully saturated rings. The average Bonchev–Trinajstić information content (AvgIpc) is 2.82. The van der Waals surface area contributed by atoms with Crippen molar-refractivity contribution in [3.8, 4) is 0 Å². The summed E-state index contributed by atoms with van der Waals surface area (Å²) in [6, 6.07) is 2.49. The Bertz CT molecular complexity index is 364. The molecule has 2 rings (SSSR count). The molecule has 1 aromatic heterocycles. The van der Waals surface area contributed by atoms with Crippen molar-refractivity contribution in [3.63, 3.8) is 0 Å². The molecular formula is C13H19NOS2. The third kappa shape index (κ3) is 3.26. The molecule has 0 spiro atoms. The third-order valence-electron chi connectivity index (χ3n) is 3.41. The highest BCUT2D eigenvalue weighted by atomic mass is 32.2. The maximum absolute atomic E-state index is 12.2. The lowest BCUT2D eigenvalue weighted by Gasteiger charge is -2.37. The van der Waals surface area contributed by atoms with Gasteiger partial charge in [-0.3, -0.25) is 4.79 Å². The summed E-state index contributed by atoms with van der Waals surface area (Å²) in [6.45, 7) is 5.30. The molecule has 0 saturated carbocycles. The lowest BCUT2D eigenvalue weighted by Crippen LogP contribution is -2.48. The van der Waals surface area contributed by atoms with Crippen LogP contribution in [0.5, 0.6) is 0 Å². The first-order valence-corrected chi connectivity index (χ1v) is 8.10. The Hall–Kier alpha value is -0.480.